The number of ether oxygens (including phenoxy) is 4. The second-order valence-corrected chi connectivity index (χ2v) is 7.76. The molecule has 0 fully saturated rings. The summed E-state index contributed by atoms with van der Waals surface area (Å²) in [5.74, 6) is 3.73. The van der Waals surface area contributed by atoms with E-state index in [0.717, 1.165) is 28.2 Å². The van der Waals surface area contributed by atoms with E-state index < -0.39 is 0 Å². The molecule has 0 amide bonds. The monoisotopic (exact) mass is 417 g/mol. The second-order valence-electron chi connectivity index (χ2n) is 7.76. The van der Waals surface area contributed by atoms with Gasteiger partial charge in [-0.05, 0) is 48.9 Å². The molecule has 3 aromatic rings. The molecule has 1 aromatic heterocycles. The molecule has 4 heterocycles. The smallest absolute Gasteiger partial charge is 0.231 e. The lowest BCUT2D eigenvalue weighted by atomic mass is 10.00. The Morgan fingerprint density at radius 2 is 1.97 bits per heavy atom. The van der Waals surface area contributed by atoms with Crippen LogP contribution in [-0.4, -0.2) is 24.2 Å². The molecule has 0 bridgehead atoms. The van der Waals surface area contributed by atoms with Crippen LogP contribution < -0.4 is 18.9 Å². The zero-order valence-electron chi connectivity index (χ0n) is 16.8. The van der Waals surface area contributed by atoms with E-state index >= 15 is 0 Å². The van der Waals surface area contributed by atoms with E-state index in [-0.39, 0.29) is 18.3 Å². The summed E-state index contributed by atoms with van der Waals surface area (Å²) in [6.07, 6.45) is 3.39. The Balaban J connectivity index is 1.29. The van der Waals surface area contributed by atoms with Crippen molar-refractivity contribution in [2.45, 2.75) is 20.0 Å². The van der Waals surface area contributed by atoms with Gasteiger partial charge in [-0.3, -0.25) is 9.69 Å². The third kappa shape index (κ3) is 3.05. The molecule has 0 saturated carbocycles. The quantitative estimate of drug-likeness (QED) is 0.589. The summed E-state index contributed by atoms with van der Waals surface area (Å²) in [7, 11) is 0. The van der Waals surface area contributed by atoms with E-state index in [1.165, 1.54) is 0 Å². The molecule has 156 valence electrons. The van der Waals surface area contributed by atoms with E-state index in [1.807, 2.05) is 43.3 Å². The Hall–Kier alpha value is -3.71. The number of furan rings is 1. The first kappa shape index (κ1) is 18.1. The molecule has 7 heteroatoms. The summed E-state index contributed by atoms with van der Waals surface area (Å²) in [4.78, 5) is 15.2. The number of carbonyl (C=O) groups is 1. The topological polar surface area (TPSA) is 70.4 Å². The predicted molar refractivity (Wildman–Crippen MR) is 110 cm³/mol. The van der Waals surface area contributed by atoms with Crippen molar-refractivity contribution < 1.29 is 28.2 Å². The molecule has 0 unspecified atom stereocenters. The lowest BCUT2D eigenvalue weighted by Gasteiger charge is -2.29. The average Bonchev–Trinajstić information content (AvgIpc) is 3.51. The number of hydrogen-bond acceptors (Lipinski definition) is 7. The van der Waals surface area contributed by atoms with Crippen LogP contribution >= 0.6 is 0 Å². The van der Waals surface area contributed by atoms with E-state index in [2.05, 4.69) is 4.90 Å². The zero-order chi connectivity index (χ0) is 20.9. The lowest BCUT2D eigenvalue weighted by molar-refractivity contribution is 0.0813. The minimum absolute atomic E-state index is 0.137. The van der Waals surface area contributed by atoms with Crippen molar-refractivity contribution in [3.8, 4) is 23.0 Å². The average molecular weight is 417 g/mol. The Morgan fingerprint density at radius 1 is 1.06 bits per heavy atom. The van der Waals surface area contributed by atoms with Crippen molar-refractivity contribution in [2.75, 3.05) is 13.5 Å². The van der Waals surface area contributed by atoms with Crippen molar-refractivity contribution in [3.05, 3.63) is 76.4 Å². The second kappa shape index (κ2) is 6.92. The fraction of sp³-hybridized carbons (Fsp3) is 0.208. The number of ketones is 1. The Bertz CT molecular complexity index is 1230. The van der Waals surface area contributed by atoms with Crippen LogP contribution in [0, 0.1) is 6.92 Å². The number of rotatable bonds is 3. The highest BCUT2D eigenvalue weighted by Crippen LogP contribution is 2.43. The molecular weight excluding hydrogens is 398 g/mol. The Labute approximate surface area is 178 Å². The van der Waals surface area contributed by atoms with Gasteiger partial charge in [0.25, 0.3) is 0 Å². The third-order valence-corrected chi connectivity index (χ3v) is 5.66. The van der Waals surface area contributed by atoms with Gasteiger partial charge in [0.1, 0.15) is 24.0 Å². The van der Waals surface area contributed by atoms with Gasteiger partial charge >= 0.3 is 0 Å². The summed E-state index contributed by atoms with van der Waals surface area (Å²) >= 11 is 0. The molecule has 6 rings (SSSR count). The third-order valence-electron chi connectivity index (χ3n) is 5.66. The van der Waals surface area contributed by atoms with Gasteiger partial charge < -0.3 is 23.4 Å². The van der Waals surface area contributed by atoms with Gasteiger partial charge in [-0.15, -0.1) is 0 Å². The summed E-state index contributed by atoms with van der Waals surface area (Å²) in [5, 5.41) is 0. The van der Waals surface area contributed by atoms with Crippen LogP contribution in [0.2, 0.25) is 0 Å². The van der Waals surface area contributed by atoms with Gasteiger partial charge in [0.2, 0.25) is 12.6 Å². The van der Waals surface area contributed by atoms with Crippen LogP contribution in [0.3, 0.4) is 0 Å². The number of hydrogen-bond donors (Lipinski definition) is 0. The molecule has 2 aromatic carbocycles. The molecule has 31 heavy (non-hydrogen) atoms. The van der Waals surface area contributed by atoms with Crippen molar-refractivity contribution in [1.29, 1.82) is 0 Å². The minimum atomic E-state index is -0.137. The summed E-state index contributed by atoms with van der Waals surface area (Å²) in [5.41, 5.74) is 3.18. The molecule has 0 atom stereocenters. The SMILES string of the molecule is Cc1c2c(cc3c1O/C(=C\c1ccc4c(c1)OCO4)C3=O)CN(Cc1ccco1)CO2. The highest BCUT2D eigenvalue weighted by atomic mass is 16.7. The Kier molecular flexibility index (Phi) is 4.04. The van der Waals surface area contributed by atoms with Crippen LogP contribution in [0.25, 0.3) is 6.08 Å². The molecule has 7 nitrogen and oxygen atoms in total. The maximum Gasteiger partial charge on any atom is 0.231 e. The summed E-state index contributed by atoms with van der Waals surface area (Å²) < 4.78 is 28.2. The van der Waals surface area contributed by atoms with Crippen LogP contribution in [0.1, 0.15) is 32.8 Å². The lowest BCUT2D eigenvalue weighted by Crippen LogP contribution is -2.31. The highest BCUT2D eigenvalue weighted by Gasteiger charge is 2.33. The number of Topliss-reactive ketones (excluding diaryl/α,β-unsaturated/α-hetero) is 1. The van der Waals surface area contributed by atoms with Crippen LogP contribution in [-0.2, 0) is 13.1 Å². The van der Waals surface area contributed by atoms with Crippen LogP contribution in [0.4, 0.5) is 0 Å². The van der Waals surface area contributed by atoms with Gasteiger partial charge in [-0.25, -0.2) is 0 Å². The van der Waals surface area contributed by atoms with Crippen molar-refractivity contribution in [3.63, 3.8) is 0 Å². The molecule has 0 saturated heterocycles. The fourth-order valence-electron chi connectivity index (χ4n) is 4.18. The van der Waals surface area contributed by atoms with Gasteiger partial charge in [0, 0.05) is 17.7 Å². The number of nitrogens with zero attached hydrogens (tertiary/aromatic N) is 1. The first-order valence-electron chi connectivity index (χ1n) is 10.0. The maximum absolute atomic E-state index is 13.1. The molecule has 3 aliphatic heterocycles. The Morgan fingerprint density at radius 3 is 2.84 bits per heavy atom. The van der Waals surface area contributed by atoms with Gasteiger partial charge in [-0.2, -0.15) is 0 Å². The standard InChI is InChI=1S/C24H19NO6/c1-14-23-16(10-25(12-28-23)11-17-3-2-6-27-17)9-18-22(26)21(31-24(14)18)8-15-4-5-19-20(7-15)30-13-29-19/h2-9H,10-13H2,1H3/b21-8-. The number of carbonyl (C=O) groups excluding carboxylic acids is 1. The van der Waals surface area contributed by atoms with Gasteiger partial charge in [0.05, 0.1) is 18.4 Å². The predicted octanol–water partition coefficient (Wildman–Crippen LogP) is 4.29. The maximum atomic E-state index is 13.1. The van der Waals surface area contributed by atoms with E-state index in [1.54, 1.807) is 12.3 Å². The van der Waals surface area contributed by atoms with Crippen molar-refractivity contribution >= 4 is 11.9 Å². The summed E-state index contributed by atoms with van der Waals surface area (Å²) in [6.45, 7) is 3.89. The number of allylic oxidation sites excluding steroid dienone is 1. The van der Waals surface area contributed by atoms with E-state index in [4.69, 9.17) is 23.4 Å². The molecule has 0 spiro atoms. The van der Waals surface area contributed by atoms with Gasteiger partial charge in [-0.1, -0.05) is 6.07 Å². The summed E-state index contributed by atoms with van der Waals surface area (Å²) in [6, 6.07) is 11.2. The number of benzene rings is 2. The molecular formula is C24H19NO6. The molecule has 0 N–H and O–H groups in total. The van der Waals surface area contributed by atoms with Crippen molar-refractivity contribution in [1.82, 2.24) is 4.90 Å². The molecule has 3 aliphatic rings. The molecule has 0 aliphatic carbocycles. The highest BCUT2D eigenvalue weighted by molar-refractivity contribution is 6.15. The largest absolute Gasteiger partial charge is 0.477 e. The first-order chi connectivity index (χ1) is 15.2. The molecule has 0 radical (unpaired) electrons. The first-order valence-corrected chi connectivity index (χ1v) is 10.0. The fourth-order valence-corrected chi connectivity index (χ4v) is 4.18. The zero-order valence-corrected chi connectivity index (χ0v) is 16.8. The van der Waals surface area contributed by atoms with E-state index in [0.29, 0.717) is 42.6 Å². The number of fused-ring (bicyclic) bond motifs is 3. The van der Waals surface area contributed by atoms with Crippen molar-refractivity contribution in [2.24, 2.45) is 0 Å². The van der Waals surface area contributed by atoms with E-state index in [9.17, 15) is 4.79 Å². The normalized spacial score (nSPS) is 18.0. The van der Waals surface area contributed by atoms with Crippen LogP contribution in [0.15, 0.2) is 52.8 Å². The van der Waals surface area contributed by atoms with Gasteiger partial charge in [0.15, 0.2) is 17.3 Å². The van der Waals surface area contributed by atoms with Crippen LogP contribution in [0.5, 0.6) is 23.0 Å². The minimum Gasteiger partial charge on any atom is -0.477 e.